The zero-order valence-electron chi connectivity index (χ0n) is 13.0. The van der Waals surface area contributed by atoms with Crippen molar-refractivity contribution in [2.24, 2.45) is 5.92 Å². The molecule has 1 aliphatic rings. The molecule has 1 N–H and O–H groups in total. The first-order chi connectivity index (χ1) is 9.41. The van der Waals surface area contributed by atoms with Crippen LogP contribution in [0.1, 0.15) is 32.5 Å². The van der Waals surface area contributed by atoms with Gasteiger partial charge in [0.2, 0.25) is 5.91 Å². The second-order valence-electron chi connectivity index (χ2n) is 6.20. The largest absolute Gasteiger partial charge is 0.318 e. The Kier molecular flexibility index (Phi) is 4.83. The standard InChI is InChI=1S/C15H25N3OS/c1-10(2)13-15(19)18(11(3)8-17(4)5)14(16-13)12-6-7-20-9-12/h6-7,9-11,13-14,16H,8H2,1-5H3. The predicted octanol–water partition coefficient (Wildman–Crippen LogP) is 2.15. The lowest BCUT2D eigenvalue weighted by Gasteiger charge is -2.31. The van der Waals surface area contributed by atoms with Gasteiger partial charge in [-0.2, -0.15) is 11.3 Å². The van der Waals surface area contributed by atoms with Gasteiger partial charge in [-0.25, -0.2) is 0 Å². The zero-order valence-corrected chi connectivity index (χ0v) is 13.8. The summed E-state index contributed by atoms with van der Waals surface area (Å²) in [6.45, 7) is 7.20. The van der Waals surface area contributed by atoms with Gasteiger partial charge in [-0.05, 0) is 49.3 Å². The van der Waals surface area contributed by atoms with Gasteiger partial charge in [0.05, 0.1) is 6.04 Å². The Hall–Kier alpha value is -0.910. The summed E-state index contributed by atoms with van der Waals surface area (Å²) in [6.07, 6.45) is 0.0103. The van der Waals surface area contributed by atoms with Crippen molar-refractivity contribution in [2.45, 2.75) is 39.0 Å². The molecule has 0 bridgehead atoms. The summed E-state index contributed by atoms with van der Waals surface area (Å²) in [5, 5.41) is 7.71. The number of nitrogens with zero attached hydrogens (tertiary/aromatic N) is 2. The molecule has 1 fully saturated rings. The van der Waals surface area contributed by atoms with Crippen LogP contribution in [0, 0.1) is 5.92 Å². The Balaban J connectivity index is 2.25. The van der Waals surface area contributed by atoms with Crippen LogP contribution < -0.4 is 5.32 Å². The summed E-state index contributed by atoms with van der Waals surface area (Å²) in [5.41, 5.74) is 1.19. The van der Waals surface area contributed by atoms with Crippen LogP contribution in [0.25, 0.3) is 0 Å². The van der Waals surface area contributed by atoms with Gasteiger partial charge in [-0.15, -0.1) is 0 Å². The fourth-order valence-corrected chi connectivity index (χ4v) is 3.54. The van der Waals surface area contributed by atoms with E-state index in [1.165, 1.54) is 5.56 Å². The van der Waals surface area contributed by atoms with E-state index in [0.717, 1.165) is 6.54 Å². The highest BCUT2D eigenvalue weighted by molar-refractivity contribution is 7.07. The second-order valence-corrected chi connectivity index (χ2v) is 6.98. The Morgan fingerprint density at radius 1 is 1.40 bits per heavy atom. The third-order valence-electron chi connectivity index (χ3n) is 3.77. The van der Waals surface area contributed by atoms with E-state index in [0.29, 0.717) is 5.92 Å². The van der Waals surface area contributed by atoms with Crippen LogP contribution in [-0.2, 0) is 4.79 Å². The van der Waals surface area contributed by atoms with Crippen molar-refractivity contribution in [3.05, 3.63) is 22.4 Å². The summed E-state index contributed by atoms with van der Waals surface area (Å²) in [5.74, 6) is 0.533. The number of rotatable bonds is 5. The molecular formula is C15H25N3OS. The van der Waals surface area contributed by atoms with Crippen molar-refractivity contribution >= 4 is 17.2 Å². The van der Waals surface area contributed by atoms with Gasteiger partial charge in [-0.1, -0.05) is 13.8 Å². The molecule has 3 unspecified atom stereocenters. The number of likely N-dealkylation sites (N-methyl/N-ethyl adjacent to an activating group) is 1. The smallest absolute Gasteiger partial charge is 0.241 e. The molecule has 112 valence electrons. The normalized spacial score (nSPS) is 24.9. The van der Waals surface area contributed by atoms with Crippen LogP contribution in [0.5, 0.6) is 0 Å². The maximum Gasteiger partial charge on any atom is 0.241 e. The zero-order chi connectivity index (χ0) is 14.9. The monoisotopic (exact) mass is 295 g/mol. The highest BCUT2D eigenvalue weighted by Gasteiger charge is 2.43. The Morgan fingerprint density at radius 2 is 2.10 bits per heavy atom. The third kappa shape index (κ3) is 3.05. The molecule has 1 aromatic heterocycles. The first-order valence-electron chi connectivity index (χ1n) is 7.17. The van der Waals surface area contributed by atoms with Gasteiger partial charge in [0, 0.05) is 12.6 Å². The number of amides is 1. The minimum Gasteiger partial charge on any atom is -0.318 e. The van der Waals surface area contributed by atoms with Crippen LogP contribution in [0.2, 0.25) is 0 Å². The van der Waals surface area contributed by atoms with E-state index in [9.17, 15) is 4.79 Å². The molecule has 2 heterocycles. The minimum atomic E-state index is -0.0792. The topological polar surface area (TPSA) is 35.6 Å². The van der Waals surface area contributed by atoms with Crippen molar-refractivity contribution in [3.63, 3.8) is 0 Å². The first kappa shape index (κ1) is 15.5. The molecule has 0 aliphatic carbocycles. The van der Waals surface area contributed by atoms with Crippen LogP contribution in [0.4, 0.5) is 0 Å². The quantitative estimate of drug-likeness (QED) is 0.904. The predicted molar refractivity (Wildman–Crippen MR) is 83.7 cm³/mol. The molecule has 1 amide bonds. The lowest BCUT2D eigenvalue weighted by Crippen LogP contribution is -2.44. The molecule has 0 saturated carbocycles. The van der Waals surface area contributed by atoms with Crippen molar-refractivity contribution in [1.82, 2.24) is 15.1 Å². The summed E-state index contributed by atoms with van der Waals surface area (Å²) in [6, 6.07) is 2.22. The molecule has 1 aliphatic heterocycles. The SMILES string of the molecule is CC(C)C1NC(c2ccsc2)N(C(C)CN(C)C)C1=O. The Morgan fingerprint density at radius 3 is 2.60 bits per heavy atom. The molecule has 1 aromatic rings. The number of nitrogens with one attached hydrogen (secondary N) is 1. The number of carbonyl (C=O) groups excluding carboxylic acids is 1. The van der Waals surface area contributed by atoms with Crippen molar-refractivity contribution < 1.29 is 4.79 Å². The summed E-state index contributed by atoms with van der Waals surface area (Å²) in [4.78, 5) is 16.9. The van der Waals surface area contributed by atoms with E-state index in [1.807, 2.05) is 19.0 Å². The molecule has 1 saturated heterocycles. The molecule has 3 atom stereocenters. The average molecular weight is 295 g/mol. The number of hydrogen-bond donors (Lipinski definition) is 1. The van der Waals surface area contributed by atoms with E-state index in [1.54, 1.807) is 11.3 Å². The second kappa shape index (κ2) is 6.24. The number of thiophene rings is 1. The maximum absolute atomic E-state index is 12.7. The van der Waals surface area contributed by atoms with Gasteiger partial charge < -0.3 is 9.80 Å². The van der Waals surface area contributed by atoms with Crippen LogP contribution in [0.15, 0.2) is 16.8 Å². The fourth-order valence-electron chi connectivity index (χ4n) is 2.86. The van der Waals surface area contributed by atoms with E-state index in [4.69, 9.17) is 0 Å². The highest BCUT2D eigenvalue weighted by Crippen LogP contribution is 2.31. The van der Waals surface area contributed by atoms with Crippen LogP contribution in [-0.4, -0.2) is 48.4 Å². The number of carbonyl (C=O) groups is 1. The van der Waals surface area contributed by atoms with Crippen LogP contribution >= 0.6 is 11.3 Å². The van der Waals surface area contributed by atoms with E-state index < -0.39 is 0 Å². The maximum atomic E-state index is 12.7. The highest BCUT2D eigenvalue weighted by atomic mass is 32.1. The van der Waals surface area contributed by atoms with Crippen molar-refractivity contribution in [3.8, 4) is 0 Å². The summed E-state index contributed by atoms with van der Waals surface area (Å²) >= 11 is 1.68. The third-order valence-corrected chi connectivity index (χ3v) is 4.47. The van der Waals surface area contributed by atoms with Gasteiger partial charge in [0.15, 0.2) is 0 Å². The van der Waals surface area contributed by atoms with Crippen LogP contribution in [0.3, 0.4) is 0 Å². The molecule has 2 rings (SSSR count). The minimum absolute atomic E-state index is 0.0103. The summed E-state index contributed by atoms with van der Waals surface area (Å²) < 4.78 is 0. The molecule has 4 nitrogen and oxygen atoms in total. The van der Waals surface area contributed by atoms with E-state index in [-0.39, 0.29) is 24.2 Å². The molecule has 0 spiro atoms. The molecule has 5 heteroatoms. The molecule has 0 aromatic carbocycles. The van der Waals surface area contributed by atoms with Gasteiger partial charge in [-0.3, -0.25) is 10.1 Å². The Bertz CT molecular complexity index is 444. The molecule has 0 radical (unpaired) electrons. The Labute approximate surface area is 125 Å². The lowest BCUT2D eigenvalue weighted by molar-refractivity contribution is -0.133. The number of hydrogen-bond acceptors (Lipinski definition) is 4. The van der Waals surface area contributed by atoms with E-state index in [2.05, 4.69) is 47.8 Å². The summed E-state index contributed by atoms with van der Waals surface area (Å²) in [7, 11) is 4.09. The van der Waals surface area contributed by atoms with Crippen molar-refractivity contribution in [1.29, 1.82) is 0 Å². The van der Waals surface area contributed by atoms with Crippen molar-refractivity contribution in [2.75, 3.05) is 20.6 Å². The van der Waals surface area contributed by atoms with Gasteiger partial charge in [0.25, 0.3) is 0 Å². The fraction of sp³-hybridized carbons (Fsp3) is 0.667. The van der Waals surface area contributed by atoms with E-state index >= 15 is 0 Å². The lowest BCUT2D eigenvalue weighted by atomic mass is 10.0. The van der Waals surface area contributed by atoms with Gasteiger partial charge >= 0.3 is 0 Å². The van der Waals surface area contributed by atoms with Gasteiger partial charge in [0.1, 0.15) is 6.17 Å². The molecular weight excluding hydrogens is 270 g/mol. The molecule has 20 heavy (non-hydrogen) atoms. The first-order valence-corrected chi connectivity index (χ1v) is 8.11. The average Bonchev–Trinajstić information content (AvgIpc) is 2.94.